The van der Waals surface area contributed by atoms with Crippen LogP contribution in [0.1, 0.15) is 33.3 Å². The van der Waals surface area contributed by atoms with Gasteiger partial charge in [0.15, 0.2) is 5.69 Å². The van der Waals surface area contributed by atoms with E-state index in [0.29, 0.717) is 21.4 Å². The van der Waals surface area contributed by atoms with Crippen LogP contribution in [0.5, 0.6) is 0 Å². The van der Waals surface area contributed by atoms with Gasteiger partial charge in [0.2, 0.25) is 0 Å². The Morgan fingerprint density at radius 3 is 2.54 bits per heavy atom. The first-order valence-corrected chi connectivity index (χ1v) is 9.09. The van der Waals surface area contributed by atoms with Gasteiger partial charge in [0, 0.05) is 36.9 Å². The van der Waals surface area contributed by atoms with E-state index < -0.39 is 5.91 Å². The average molecular weight is 441 g/mol. The maximum Gasteiger partial charge on any atom is 0.293 e. The zero-order chi connectivity index (χ0) is 20.1. The fourth-order valence-corrected chi connectivity index (χ4v) is 2.95. The number of rotatable bonds is 5. The van der Waals surface area contributed by atoms with Crippen molar-refractivity contribution in [3.63, 3.8) is 0 Å². The molecule has 0 fully saturated rings. The molecule has 0 aliphatic carbocycles. The van der Waals surface area contributed by atoms with Crippen molar-refractivity contribution in [3.05, 3.63) is 76.3 Å². The summed E-state index contributed by atoms with van der Waals surface area (Å²) in [5.74, 6) is -0.656. The molecule has 0 atom stereocenters. The number of nitrogens with one attached hydrogen (secondary N) is 2. The van der Waals surface area contributed by atoms with E-state index in [0.717, 1.165) is 5.56 Å². The Bertz CT molecular complexity index is 1050. The summed E-state index contributed by atoms with van der Waals surface area (Å²) >= 11 is 3.28. The van der Waals surface area contributed by atoms with Crippen LogP contribution in [0.3, 0.4) is 0 Å². The smallest absolute Gasteiger partial charge is 0.293 e. The molecule has 0 saturated heterocycles. The number of carbonyl (C=O) groups excluding carboxylic acids is 2. The first kappa shape index (κ1) is 19.4. The van der Waals surface area contributed by atoms with E-state index in [9.17, 15) is 9.59 Å². The summed E-state index contributed by atoms with van der Waals surface area (Å²) in [4.78, 5) is 28.4. The molecule has 0 bridgehead atoms. The second-order valence-electron chi connectivity index (χ2n) is 5.91. The lowest BCUT2D eigenvalue weighted by atomic mass is 10.1. The molecule has 8 nitrogen and oxygen atoms in total. The van der Waals surface area contributed by atoms with Gasteiger partial charge in [0.25, 0.3) is 11.8 Å². The lowest BCUT2D eigenvalue weighted by Crippen LogP contribution is -2.20. The van der Waals surface area contributed by atoms with E-state index in [-0.39, 0.29) is 11.6 Å². The second-order valence-corrected chi connectivity index (χ2v) is 6.76. The van der Waals surface area contributed by atoms with Gasteiger partial charge in [-0.25, -0.2) is 5.43 Å². The van der Waals surface area contributed by atoms with E-state index in [4.69, 9.17) is 0 Å². The Morgan fingerprint density at radius 1 is 1.11 bits per heavy atom. The molecule has 0 saturated carbocycles. The van der Waals surface area contributed by atoms with Gasteiger partial charge in [-0.15, -0.1) is 0 Å². The minimum absolute atomic E-state index is 0.234. The highest BCUT2D eigenvalue weighted by atomic mass is 79.9. The summed E-state index contributed by atoms with van der Waals surface area (Å²) in [5, 5.41) is 11.0. The first-order valence-electron chi connectivity index (χ1n) is 8.29. The van der Waals surface area contributed by atoms with Crippen LogP contribution in [0.2, 0.25) is 0 Å². The normalized spacial score (nSPS) is 11.2. The SMILES string of the molecule is C/C(=N\NC(=O)c1nn(C)cc1Br)c1cccc(NC(=O)c2ccncc2)c1. The number of amides is 2. The highest BCUT2D eigenvalue weighted by Gasteiger charge is 2.14. The predicted molar refractivity (Wildman–Crippen MR) is 109 cm³/mol. The minimum atomic E-state index is -0.422. The van der Waals surface area contributed by atoms with Gasteiger partial charge in [-0.05, 0) is 52.7 Å². The van der Waals surface area contributed by atoms with Gasteiger partial charge in [-0.1, -0.05) is 12.1 Å². The fraction of sp³-hybridized carbons (Fsp3) is 0.105. The Balaban J connectivity index is 1.70. The van der Waals surface area contributed by atoms with Gasteiger partial charge in [0.1, 0.15) is 0 Å². The number of anilines is 1. The van der Waals surface area contributed by atoms with Crippen LogP contribution >= 0.6 is 15.9 Å². The summed E-state index contributed by atoms with van der Waals surface area (Å²) in [6.07, 6.45) is 4.80. The predicted octanol–water partition coefficient (Wildman–Crippen LogP) is 2.98. The molecular weight excluding hydrogens is 424 g/mol. The standard InChI is InChI=1S/C19H17BrN6O2/c1-12(23-24-19(28)17-16(20)11-26(2)25-17)14-4-3-5-15(10-14)22-18(27)13-6-8-21-9-7-13/h3-11H,1-2H3,(H,22,27)(H,24,28)/b23-12+. The van der Waals surface area contributed by atoms with Crippen LogP contribution in [-0.4, -0.2) is 32.3 Å². The molecular formula is C19H17BrN6O2. The van der Waals surface area contributed by atoms with Crippen molar-refractivity contribution in [1.29, 1.82) is 0 Å². The number of halogens is 1. The van der Waals surface area contributed by atoms with Gasteiger partial charge in [-0.2, -0.15) is 10.2 Å². The lowest BCUT2D eigenvalue weighted by molar-refractivity contribution is 0.0947. The summed E-state index contributed by atoms with van der Waals surface area (Å²) in [6.45, 7) is 1.76. The maximum absolute atomic E-state index is 12.3. The van der Waals surface area contributed by atoms with Crippen molar-refractivity contribution in [2.45, 2.75) is 6.92 Å². The summed E-state index contributed by atoms with van der Waals surface area (Å²) in [6, 6.07) is 10.5. The van der Waals surface area contributed by atoms with Crippen molar-refractivity contribution in [2.75, 3.05) is 5.32 Å². The number of hydrazone groups is 1. The lowest BCUT2D eigenvalue weighted by Gasteiger charge is -2.08. The molecule has 0 aliphatic heterocycles. The zero-order valence-electron chi connectivity index (χ0n) is 15.2. The molecule has 3 aromatic rings. The van der Waals surface area contributed by atoms with Crippen molar-refractivity contribution in [3.8, 4) is 0 Å². The van der Waals surface area contributed by atoms with Gasteiger partial charge >= 0.3 is 0 Å². The molecule has 142 valence electrons. The Hall–Kier alpha value is -3.33. The van der Waals surface area contributed by atoms with E-state index in [1.165, 1.54) is 4.68 Å². The third kappa shape index (κ3) is 4.68. The first-order chi connectivity index (χ1) is 13.4. The molecule has 1 aromatic carbocycles. The van der Waals surface area contributed by atoms with Crippen molar-refractivity contribution >= 4 is 39.1 Å². The number of hydrogen-bond donors (Lipinski definition) is 2. The summed E-state index contributed by atoms with van der Waals surface area (Å²) in [7, 11) is 1.72. The number of pyridine rings is 1. The molecule has 3 rings (SSSR count). The maximum atomic E-state index is 12.3. The minimum Gasteiger partial charge on any atom is -0.322 e. The topological polar surface area (TPSA) is 101 Å². The monoisotopic (exact) mass is 440 g/mol. The molecule has 2 N–H and O–H groups in total. The van der Waals surface area contributed by atoms with Crippen LogP contribution in [0.15, 0.2) is 64.6 Å². The van der Waals surface area contributed by atoms with Crippen molar-refractivity contribution < 1.29 is 9.59 Å². The Morgan fingerprint density at radius 2 is 1.86 bits per heavy atom. The van der Waals surface area contributed by atoms with E-state index >= 15 is 0 Å². The van der Waals surface area contributed by atoms with Crippen LogP contribution in [0, 0.1) is 0 Å². The van der Waals surface area contributed by atoms with Crippen molar-refractivity contribution in [1.82, 2.24) is 20.2 Å². The van der Waals surface area contributed by atoms with E-state index in [1.54, 1.807) is 62.9 Å². The number of carbonyl (C=O) groups is 2. The van der Waals surface area contributed by atoms with Crippen LogP contribution in [0.25, 0.3) is 0 Å². The van der Waals surface area contributed by atoms with Gasteiger partial charge in [-0.3, -0.25) is 19.3 Å². The third-order valence-electron chi connectivity index (χ3n) is 3.81. The molecule has 28 heavy (non-hydrogen) atoms. The molecule has 2 aromatic heterocycles. The summed E-state index contributed by atoms with van der Waals surface area (Å²) in [5.41, 5.74) is 5.21. The number of aromatic nitrogens is 3. The molecule has 0 spiro atoms. The quantitative estimate of drug-likeness (QED) is 0.470. The van der Waals surface area contributed by atoms with Crippen LogP contribution in [-0.2, 0) is 7.05 Å². The number of nitrogens with zero attached hydrogens (tertiary/aromatic N) is 4. The third-order valence-corrected chi connectivity index (χ3v) is 4.39. The second kappa shape index (κ2) is 8.57. The highest BCUT2D eigenvalue weighted by Crippen LogP contribution is 2.15. The molecule has 2 amide bonds. The number of hydrogen-bond acceptors (Lipinski definition) is 5. The van der Waals surface area contributed by atoms with E-state index in [1.807, 2.05) is 6.07 Å². The Labute approximate surface area is 169 Å². The number of aryl methyl sites for hydroxylation is 1. The fourth-order valence-electron chi connectivity index (χ4n) is 2.39. The number of benzene rings is 1. The van der Waals surface area contributed by atoms with Gasteiger partial charge < -0.3 is 5.32 Å². The molecule has 0 aliphatic rings. The average Bonchev–Trinajstić information content (AvgIpc) is 3.05. The van der Waals surface area contributed by atoms with Crippen LogP contribution < -0.4 is 10.7 Å². The largest absolute Gasteiger partial charge is 0.322 e. The van der Waals surface area contributed by atoms with Crippen molar-refractivity contribution in [2.24, 2.45) is 12.1 Å². The zero-order valence-corrected chi connectivity index (χ0v) is 16.8. The molecule has 0 radical (unpaired) electrons. The van der Waals surface area contributed by atoms with Gasteiger partial charge in [0.05, 0.1) is 10.2 Å². The summed E-state index contributed by atoms with van der Waals surface area (Å²) < 4.78 is 2.12. The Kier molecular flexibility index (Phi) is 5.95. The van der Waals surface area contributed by atoms with E-state index in [2.05, 4.69) is 41.9 Å². The molecule has 0 unspecified atom stereocenters. The molecule has 9 heteroatoms. The molecule has 2 heterocycles. The highest BCUT2D eigenvalue weighted by molar-refractivity contribution is 9.10. The van der Waals surface area contributed by atoms with Crippen LogP contribution in [0.4, 0.5) is 5.69 Å².